The van der Waals surface area contributed by atoms with Crippen molar-refractivity contribution in [3.8, 4) is 0 Å². The first-order chi connectivity index (χ1) is 7.57. The lowest BCUT2D eigenvalue weighted by atomic mass is 9.91. The van der Waals surface area contributed by atoms with E-state index in [1.807, 2.05) is 0 Å². The van der Waals surface area contributed by atoms with Gasteiger partial charge in [0.25, 0.3) is 0 Å². The summed E-state index contributed by atoms with van der Waals surface area (Å²) >= 11 is 0. The highest BCUT2D eigenvalue weighted by atomic mass is 16.5. The van der Waals surface area contributed by atoms with E-state index in [0.29, 0.717) is 6.04 Å². The summed E-state index contributed by atoms with van der Waals surface area (Å²) in [6, 6.07) is 0.467. The van der Waals surface area contributed by atoms with Gasteiger partial charge in [-0.25, -0.2) is 0 Å². The molecule has 1 unspecified atom stereocenters. The molecule has 0 rings (SSSR count). The Balaban J connectivity index is 4.15. The predicted molar refractivity (Wildman–Crippen MR) is 75.5 cm³/mol. The molecule has 0 bridgehead atoms. The van der Waals surface area contributed by atoms with Gasteiger partial charge in [0, 0.05) is 31.8 Å². The summed E-state index contributed by atoms with van der Waals surface area (Å²) in [6.45, 7) is 16.3. The Morgan fingerprint density at radius 3 is 2.12 bits per heavy atom. The Bertz CT molecular complexity index is 209. The van der Waals surface area contributed by atoms with E-state index in [9.17, 15) is 0 Å². The zero-order valence-corrected chi connectivity index (χ0v) is 13.1. The van der Waals surface area contributed by atoms with Gasteiger partial charge in [-0.15, -0.1) is 0 Å². The fourth-order valence-corrected chi connectivity index (χ4v) is 1.76. The third kappa shape index (κ3) is 8.58. The molecule has 0 spiro atoms. The van der Waals surface area contributed by atoms with Crippen LogP contribution in [0.4, 0.5) is 0 Å². The molecule has 0 fully saturated rings. The van der Waals surface area contributed by atoms with E-state index in [2.05, 4.69) is 58.8 Å². The average molecular weight is 244 g/mol. The second kappa shape index (κ2) is 6.72. The van der Waals surface area contributed by atoms with Crippen LogP contribution >= 0.6 is 0 Å². The Morgan fingerprint density at radius 1 is 1.18 bits per heavy atom. The van der Waals surface area contributed by atoms with Crippen molar-refractivity contribution in [1.29, 1.82) is 0 Å². The van der Waals surface area contributed by atoms with Gasteiger partial charge in [-0.2, -0.15) is 0 Å². The fraction of sp³-hybridized carbons (Fsp3) is 1.00. The number of nitrogens with one attached hydrogen (secondary N) is 1. The molecule has 0 amide bonds. The summed E-state index contributed by atoms with van der Waals surface area (Å²) in [7, 11) is 3.93. The molecule has 0 aliphatic heterocycles. The van der Waals surface area contributed by atoms with Crippen LogP contribution in [-0.2, 0) is 4.74 Å². The van der Waals surface area contributed by atoms with Crippen LogP contribution in [-0.4, -0.2) is 50.3 Å². The summed E-state index contributed by atoms with van der Waals surface area (Å²) in [6.07, 6.45) is 0. The molecule has 0 aromatic carbocycles. The summed E-state index contributed by atoms with van der Waals surface area (Å²) in [5.74, 6) is 0. The van der Waals surface area contributed by atoms with Crippen LogP contribution in [0.2, 0.25) is 0 Å². The number of nitrogens with zero attached hydrogens (tertiary/aromatic N) is 1. The van der Waals surface area contributed by atoms with Gasteiger partial charge in [0.05, 0.1) is 6.61 Å². The van der Waals surface area contributed by atoms with Gasteiger partial charge in [0.15, 0.2) is 0 Å². The summed E-state index contributed by atoms with van der Waals surface area (Å²) < 4.78 is 5.20. The second-order valence-corrected chi connectivity index (χ2v) is 6.99. The smallest absolute Gasteiger partial charge is 0.0615 e. The Kier molecular flexibility index (Phi) is 6.67. The maximum absolute atomic E-state index is 5.20. The van der Waals surface area contributed by atoms with Crippen molar-refractivity contribution in [2.75, 3.05) is 33.9 Å². The van der Waals surface area contributed by atoms with Crippen LogP contribution in [0.15, 0.2) is 0 Å². The minimum absolute atomic E-state index is 0.188. The molecule has 0 aliphatic rings. The third-order valence-corrected chi connectivity index (χ3v) is 2.94. The molecule has 3 heteroatoms. The van der Waals surface area contributed by atoms with Crippen molar-refractivity contribution in [3.63, 3.8) is 0 Å². The highest BCUT2D eigenvalue weighted by molar-refractivity contribution is 4.81. The first kappa shape index (κ1) is 16.9. The molecule has 0 saturated carbocycles. The largest absolute Gasteiger partial charge is 0.383 e. The molecule has 0 aromatic heterocycles. The number of likely N-dealkylation sites (N-methyl/N-ethyl adjacent to an activating group) is 1. The van der Waals surface area contributed by atoms with Crippen LogP contribution in [0.3, 0.4) is 0 Å². The van der Waals surface area contributed by atoms with Crippen molar-refractivity contribution in [3.05, 3.63) is 0 Å². The van der Waals surface area contributed by atoms with Crippen molar-refractivity contribution < 1.29 is 4.74 Å². The van der Waals surface area contributed by atoms with Gasteiger partial charge in [-0.05, 0) is 40.2 Å². The lowest BCUT2D eigenvalue weighted by Crippen LogP contribution is -2.47. The number of ether oxygens (including phenoxy) is 1. The molecule has 0 aliphatic carbocycles. The minimum atomic E-state index is 0.188. The Morgan fingerprint density at radius 2 is 1.71 bits per heavy atom. The maximum Gasteiger partial charge on any atom is 0.0615 e. The molecule has 0 radical (unpaired) electrons. The van der Waals surface area contributed by atoms with E-state index in [1.165, 1.54) is 0 Å². The number of hydrogen-bond acceptors (Lipinski definition) is 3. The Hall–Kier alpha value is -0.120. The van der Waals surface area contributed by atoms with Gasteiger partial charge in [0.1, 0.15) is 0 Å². The first-order valence-corrected chi connectivity index (χ1v) is 6.51. The topological polar surface area (TPSA) is 24.5 Å². The number of methoxy groups -OCH3 is 1. The van der Waals surface area contributed by atoms with Crippen LogP contribution in [0.5, 0.6) is 0 Å². The standard InChI is InChI=1S/C14H32N2O/c1-12(9-17-8)16(7)11-14(5,6)10-15-13(2,3)4/h12,15H,9-11H2,1-8H3. The van der Waals surface area contributed by atoms with Gasteiger partial charge in [0.2, 0.25) is 0 Å². The third-order valence-electron chi connectivity index (χ3n) is 2.94. The normalized spacial score (nSPS) is 15.4. The van der Waals surface area contributed by atoms with E-state index in [1.54, 1.807) is 7.11 Å². The van der Waals surface area contributed by atoms with E-state index >= 15 is 0 Å². The van der Waals surface area contributed by atoms with E-state index in [4.69, 9.17) is 4.74 Å². The van der Waals surface area contributed by atoms with Gasteiger partial charge < -0.3 is 15.0 Å². The Labute approximate surface area is 108 Å². The molecule has 1 N–H and O–H groups in total. The summed E-state index contributed by atoms with van der Waals surface area (Å²) in [5, 5.41) is 3.58. The molecule has 0 aromatic rings. The number of rotatable bonds is 7. The van der Waals surface area contributed by atoms with E-state index in [0.717, 1.165) is 19.7 Å². The lowest BCUT2D eigenvalue weighted by molar-refractivity contribution is 0.0881. The molecule has 3 nitrogen and oxygen atoms in total. The summed E-state index contributed by atoms with van der Waals surface area (Å²) in [5.41, 5.74) is 0.456. The first-order valence-electron chi connectivity index (χ1n) is 6.51. The van der Waals surface area contributed by atoms with Gasteiger partial charge in [-0.1, -0.05) is 13.8 Å². The van der Waals surface area contributed by atoms with Crippen molar-refractivity contribution >= 4 is 0 Å². The minimum Gasteiger partial charge on any atom is -0.383 e. The predicted octanol–water partition coefficient (Wildman–Crippen LogP) is 2.37. The molecule has 1 atom stereocenters. The highest BCUT2D eigenvalue weighted by Crippen LogP contribution is 2.18. The number of hydrogen-bond donors (Lipinski definition) is 1. The monoisotopic (exact) mass is 244 g/mol. The average Bonchev–Trinajstić information content (AvgIpc) is 2.14. The molecular weight excluding hydrogens is 212 g/mol. The van der Waals surface area contributed by atoms with Crippen LogP contribution in [0.1, 0.15) is 41.5 Å². The molecule has 104 valence electrons. The zero-order valence-electron chi connectivity index (χ0n) is 13.1. The molecular formula is C14H32N2O. The van der Waals surface area contributed by atoms with Crippen LogP contribution in [0.25, 0.3) is 0 Å². The lowest BCUT2D eigenvalue weighted by Gasteiger charge is -2.36. The zero-order chi connectivity index (χ0) is 13.7. The van der Waals surface area contributed by atoms with Crippen molar-refractivity contribution in [2.24, 2.45) is 5.41 Å². The van der Waals surface area contributed by atoms with Crippen LogP contribution in [0, 0.1) is 5.41 Å². The van der Waals surface area contributed by atoms with Gasteiger partial charge >= 0.3 is 0 Å². The molecule has 17 heavy (non-hydrogen) atoms. The summed E-state index contributed by atoms with van der Waals surface area (Å²) in [4.78, 5) is 2.37. The second-order valence-electron chi connectivity index (χ2n) is 6.99. The van der Waals surface area contributed by atoms with Gasteiger partial charge in [-0.3, -0.25) is 0 Å². The quantitative estimate of drug-likeness (QED) is 0.744. The molecule has 0 saturated heterocycles. The highest BCUT2D eigenvalue weighted by Gasteiger charge is 2.24. The van der Waals surface area contributed by atoms with E-state index in [-0.39, 0.29) is 11.0 Å². The molecule has 0 heterocycles. The SMILES string of the molecule is COCC(C)N(C)CC(C)(C)CNC(C)(C)C. The van der Waals surface area contributed by atoms with Crippen molar-refractivity contribution in [2.45, 2.75) is 53.1 Å². The fourth-order valence-electron chi connectivity index (χ4n) is 1.76. The van der Waals surface area contributed by atoms with Crippen LogP contribution < -0.4 is 5.32 Å². The maximum atomic E-state index is 5.20. The van der Waals surface area contributed by atoms with Crippen molar-refractivity contribution in [1.82, 2.24) is 10.2 Å². The van der Waals surface area contributed by atoms with E-state index < -0.39 is 0 Å².